The molecule has 2 heterocycles. The predicted molar refractivity (Wildman–Crippen MR) is 133 cm³/mol. The molecule has 0 aliphatic carbocycles. The first-order chi connectivity index (χ1) is 17.0. The van der Waals surface area contributed by atoms with Crippen LogP contribution in [0.4, 0.5) is 4.39 Å². The quantitative estimate of drug-likeness (QED) is 0.568. The molecule has 1 atom stereocenters. The minimum Gasteiger partial charge on any atom is -0.493 e. The van der Waals surface area contributed by atoms with E-state index in [9.17, 15) is 9.18 Å². The molecule has 10 heteroatoms. The van der Waals surface area contributed by atoms with Crippen LogP contribution in [0.1, 0.15) is 17.3 Å². The molecular weight excluding hydrogens is 491 g/mol. The van der Waals surface area contributed by atoms with E-state index in [0.717, 1.165) is 0 Å². The lowest BCUT2D eigenvalue weighted by atomic mass is 10.1. The number of rotatable bonds is 5. The van der Waals surface area contributed by atoms with E-state index < -0.39 is 6.17 Å². The van der Waals surface area contributed by atoms with Gasteiger partial charge in [-0.2, -0.15) is 0 Å². The molecule has 35 heavy (non-hydrogen) atoms. The van der Waals surface area contributed by atoms with Gasteiger partial charge in [-0.3, -0.25) is 15.1 Å². The SMILES string of the molecule is COc1cc(Cl)c([C@H]2N=c3ccccc3=C3C(=O)NC(SCc4ccccc4F)=NN32)cc1OC. The number of carbonyl (C=O) groups excluding carboxylic acids is 1. The molecule has 1 N–H and O–H groups in total. The van der Waals surface area contributed by atoms with Crippen molar-refractivity contribution in [1.29, 1.82) is 0 Å². The van der Waals surface area contributed by atoms with Crippen molar-refractivity contribution in [2.45, 2.75) is 11.9 Å². The van der Waals surface area contributed by atoms with Gasteiger partial charge in [-0.05, 0) is 23.8 Å². The van der Waals surface area contributed by atoms with Gasteiger partial charge in [-0.15, -0.1) is 5.10 Å². The molecule has 3 aromatic rings. The topological polar surface area (TPSA) is 75.5 Å². The van der Waals surface area contributed by atoms with Gasteiger partial charge in [-0.25, -0.2) is 9.40 Å². The number of hydrazone groups is 1. The molecule has 0 unspecified atom stereocenters. The number of amidine groups is 1. The van der Waals surface area contributed by atoms with Crippen molar-refractivity contribution in [2.24, 2.45) is 10.1 Å². The van der Waals surface area contributed by atoms with Crippen molar-refractivity contribution in [3.63, 3.8) is 0 Å². The van der Waals surface area contributed by atoms with Gasteiger partial charge < -0.3 is 9.47 Å². The molecule has 178 valence electrons. The molecular formula is C25H20ClFN4O3S. The highest BCUT2D eigenvalue weighted by Crippen LogP contribution is 2.40. The number of nitrogens with zero attached hydrogens (tertiary/aromatic N) is 3. The molecule has 0 saturated carbocycles. The molecule has 0 saturated heterocycles. The Balaban J connectivity index is 1.61. The lowest BCUT2D eigenvalue weighted by Gasteiger charge is -2.34. The van der Waals surface area contributed by atoms with Crippen molar-refractivity contribution in [1.82, 2.24) is 10.3 Å². The maximum Gasteiger partial charge on any atom is 0.276 e. The average molecular weight is 511 g/mol. The number of thioether (sulfide) groups is 1. The summed E-state index contributed by atoms with van der Waals surface area (Å²) in [5, 5.41) is 11.1. The van der Waals surface area contributed by atoms with Crippen molar-refractivity contribution < 1.29 is 18.7 Å². The summed E-state index contributed by atoms with van der Waals surface area (Å²) in [5.74, 6) is 0.599. The van der Waals surface area contributed by atoms with Crippen LogP contribution in [0.15, 0.2) is 70.8 Å². The molecule has 1 amide bonds. The van der Waals surface area contributed by atoms with Crippen LogP contribution in [0.3, 0.4) is 0 Å². The first-order valence-corrected chi connectivity index (χ1v) is 12.0. The predicted octanol–water partition coefficient (Wildman–Crippen LogP) is 3.57. The third kappa shape index (κ3) is 4.33. The summed E-state index contributed by atoms with van der Waals surface area (Å²) in [6, 6.07) is 17.2. The first kappa shape index (κ1) is 23.2. The van der Waals surface area contributed by atoms with Crippen LogP contribution in [0, 0.1) is 5.82 Å². The Labute approximate surface area is 209 Å². The van der Waals surface area contributed by atoms with Gasteiger partial charge in [0, 0.05) is 22.6 Å². The van der Waals surface area contributed by atoms with E-state index in [2.05, 4.69) is 5.32 Å². The van der Waals surface area contributed by atoms with E-state index in [1.54, 1.807) is 35.3 Å². The fourth-order valence-corrected chi connectivity index (χ4v) is 5.01. The highest BCUT2D eigenvalue weighted by Gasteiger charge is 2.36. The molecule has 5 rings (SSSR count). The number of ether oxygens (including phenoxy) is 2. The minimum atomic E-state index is -0.734. The van der Waals surface area contributed by atoms with Gasteiger partial charge in [0.05, 0.1) is 24.6 Å². The van der Waals surface area contributed by atoms with Crippen molar-refractivity contribution in [3.8, 4) is 11.5 Å². The normalized spacial score (nSPS) is 16.5. The Kier molecular flexibility index (Phi) is 6.36. The van der Waals surface area contributed by atoms with Gasteiger partial charge in [-0.1, -0.05) is 59.8 Å². The van der Waals surface area contributed by atoms with Gasteiger partial charge in [0.15, 0.2) is 22.8 Å². The van der Waals surface area contributed by atoms with Crippen LogP contribution in [0.2, 0.25) is 5.02 Å². The maximum atomic E-state index is 14.1. The van der Waals surface area contributed by atoms with Gasteiger partial charge >= 0.3 is 0 Å². The standard InChI is InChI=1S/C25H20ClFN4O3S/c1-33-20-11-16(17(26)12-21(20)34-2)23-28-19-10-6-4-8-15(19)22-24(32)29-25(30-31(22)23)35-13-14-7-3-5-9-18(14)27/h3-12,23H,13H2,1-2H3,(H,29,30,32)/t23-/m0/s1. The van der Waals surface area contributed by atoms with Gasteiger partial charge in [0.2, 0.25) is 0 Å². The number of methoxy groups -OCH3 is 2. The van der Waals surface area contributed by atoms with Crippen molar-refractivity contribution in [3.05, 3.63) is 93.2 Å². The van der Waals surface area contributed by atoms with Crippen LogP contribution in [0.25, 0.3) is 5.70 Å². The third-order valence-corrected chi connectivity index (χ3v) is 6.86. The van der Waals surface area contributed by atoms with Crippen LogP contribution < -0.4 is 25.4 Å². The summed E-state index contributed by atoms with van der Waals surface area (Å²) >= 11 is 7.86. The molecule has 0 aromatic heterocycles. The Morgan fingerprint density at radius 1 is 1.09 bits per heavy atom. The minimum absolute atomic E-state index is 0.296. The molecule has 0 bridgehead atoms. The van der Waals surface area contributed by atoms with Crippen LogP contribution in [0.5, 0.6) is 11.5 Å². The monoisotopic (exact) mass is 510 g/mol. The van der Waals surface area contributed by atoms with E-state index in [-0.39, 0.29) is 11.7 Å². The van der Waals surface area contributed by atoms with Crippen molar-refractivity contribution in [2.75, 3.05) is 14.2 Å². The third-order valence-electron chi connectivity index (χ3n) is 5.62. The second-order valence-corrected chi connectivity index (χ2v) is 9.05. The number of fused-ring (bicyclic) bond motifs is 2. The highest BCUT2D eigenvalue weighted by atomic mass is 35.5. The van der Waals surface area contributed by atoms with Gasteiger partial charge in [0.1, 0.15) is 11.5 Å². The number of hydrogen-bond acceptors (Lipinski definition) is 7. The van der Waals surface area contributed by atoms with E-state index in [0.29, 0.717) is 54.8 Å². The fraction of sp³-hybridized carbons (Fsp3) is 0.160. The summed E-state index contributed by atoms with van der Waals surface area (Å²) in [6.07, 6.45) is -0.734. The number of amides is 1. The second-order valence-electron chi connectivity index (χ2n) is 7.68. The smallest absolute Gasteiger partial charge is 0.276 e. The zero-order valence-electron chi connectivity index (χ0n) is 18.8. The zero-order valence-corrected chi connectivity index (χ0v) is 20.4. The molecule has 7 nitrogen and oxygen atoms in total. The van der Waals surface area contributed by atoms with E-state index >= 15 is 0 Å². The van der Waals surface area contributed by atoms with E-state index in [1.807, 2.05) is 24.3 Å². The molecule has 3 aromatic carbocycles. The first-order valence-electron chi connectivity index (χ1n) is 10.6. The Morgan fingerprint density at radius 3 is 2.57 bits per heavy atom. The Hall–Kier alpha value is -3.56. The summed E-state index contributed by atoms with van der Waals surface area (Å²) in [6.45, 7) is 0. The lowest BCUT2D eigenvalue weighted by Crippen LogP contribution is -2.50. The van der Waals surface area contributed by atoms with Crippen LogP contribution >= 0.6 is 23.4 Å². The number of carbonyl (C=O) groups is 1. The fourth-order valence-electron chi connectivity index (χ4n) is 3.92. The summed E-state index contributed by atoms with van der Waals surface area (Å²) in [7, 11) is 3.06. The molecule has 0 spiro atoms. The van der Waals surface area contributed by atoms with E-state index in [4.69, 9.17) is 31.2 Å². The Bertz CT molecular complexity index is 1480. The number of para-hydroxylation sites is 1. The largest absolute Gasteiger partial charge is 0.493 e. The summed E-state index contributed by atoms with van der Waals surface area (Å²) < 4.78 is 24.9. The van der Waals surface area contributed by atoms with Crippen LogP contribution in [-0.4, -0.2) is 30.3 Å². The number of benzene rings is 3. The van der Waals surface area contributed by atoms with Crippen molar-refractivity contribution >= 4 is 40.1 Å². The molecule has 0 fully saturated rings. The summed E-state index contributed by atoms with van der Waals surface area (Å²) in [4.78, 5) is 18.1. The van der Waals surface area contributed by atoms with Crippen LogP contribution in [-0.2, 0) is 10.5 Å². The molecule has 2 aliphatic heterocycles. The zero-order chi connectivity index (χ0) is 24.5. The second kappa shape index (κ2) is 9.59. The highest BCUT2D eigenvalue weighted by molar-refractivity contribution is 8.13. The molecule has 2 aliphatic rings. The number of halogens is 2. The number of nitrogens with one attached hydrogen (secondary N) is 1. The Morgan fingerprint density at radius 2 is 1.80 bits per heavy atom. The summed E-state index contributed by atoms with van der Waals surface area (Å²) in [5.41, 5.74) is 1.45. The maximum absolute atomic E-state index is 14.1. The van der Waals surface area contributed by atoms with Gasteiger partial charge in [0.25, 0.3) is 5.91 Å². The average Bonchev–Trinajstić information content (AvgIpc) is 2.87. The molecule has 0 radical (unpaired) electrons. The lowest BCUT2D eigenvalue weighted by molar-refractivity contribution is -0.116. The van der Waals surface area contributed by atoms with E-state index in [1.165, 1.54) is 32.0 Å². The number of hydrogen-bond donors (Lipinski definition) is 1.